The predicted molar refractivity (Wildman–Crippen MR) is 112 cm³/mol. The first-order valence-electron chi connectivity index (χ1n) is 10.3. The van der Waals surface area contributed by atoms with Gasteiger partial charge < -0.3 is 19.2 Å². The number of aliphatic hydroxyl groups excluding tert-OH is 1. The topological polar surface area (TPSA) is 126 Å². The molecule has 32 heavy (non-hydrogen) atoms. The zero-order valence-corrected chi connectivity index (χ0v) is 17.3. The van der Waals surface area contributed by atoms with Crippen LogP contribution >= 0.6 is 0 Å². The number of furan rings is 1. The summed E-state index contributed by atoms with van der Waals surface area (Å²) in [7, 11) is 0. The molecule has 168 valence electrons. The Balaban J connectivity index is 1.64. The van der Waals surface area contributed by atoms with Crippen LogP contribution in [0.2, 0.25) is 0 Å². The highest BCUT2D eigenvalue weighted by atomic mass is 16.6. The van der Waals surface area contributed by atoms with Crippen molar-refractivity contribution in [3.05, 3.63) is 75.4 Å². The van der Waals surface area contributed by atoms with Crippen molar-refractivity contribution >= 4 is 17.4 Å². The van der Waals surface area contributed by atoms with Gasteiger partial charge in [-0.15, -0.1) is 0 Å². The SMILES string of the molecule is O=C(C1=C(O)C(=O)N(CCCN2CCOCC2)[C@@H]1c1cccc([N+](=O)[O-])c1)c1ccco1. The number of benzene rings is 1. The second-order valence-electron chi connectivity index (χ2n) is 7.63. The van der Waals surface area contributed by atoms with Crippen molar-refractivity contribution < 1.29 is 28.8 Å². The molecule has 1 N–H and O–H groups in total. The number of nitro groups is 1. The number of aliphatic hydroxyl groups is 1. The molecule has 4 rings (SSSR count). The highest BCUT2D eigenvalue weighted by molar-refractivity contribution is 6.15. The van der Waals surface area contributed by atoms with Gasteiger partial charge in [-0.1, -0.05) is 12.1 Å². The fourth-order valence-corrected chi connectivity index (χ4v) is 4.10. The lowest BCUT2D eigenvalue weighted by molar-refractivity contribution is -0.384. The van der Waals surface area contributed by atoms with Gasteiger partial charge in [-0.05, 0) is 24.1 Å². The number of hydrogen-bond donors (Lipinski definition) is 1. The summed E-state index contributed by atoms with van der Waals surface area (Å²) in [6.45, 7) is 3.90. The molecule has 2 aromatic rings. The Bertz CT molecular complexity index is 1040. The van der Waals surface area contributed by atoms with Crippen LogP contribution in [0.4, 0.5) is 5.69 Å². The number of non-ortho nitro benzene ring substituents is 1. The van der Waals surface area contributed by atoms with Crippen LogP contribution in [0.5, 0.6) is 0 Å². The van der Waals surface area contributed by atoms with E-state index in [-0.39, 0.29) is 23.6 Å². The van der Waals surface area contributed by atoms with Gasteiger partial charge in [-0.2, -0.15) is 0 Å². The van der Waals surface area contributed by atoms with E-state index in [0.717, 1.165) is 19.6 Å². The van der Waals surface area contributed by atoms with Crippen LogP contribution in [0.1, 0.15) is 28.6 Å². The molecule has 0 aliphatic carbocycles. The first-order chi connectivity index (χ1) is 15.5. The fraction of sp³-hybridized carbons (Fsp3) is 0.364. The first-order valence-corrected chi connectivity index (χ1v) is 10.3. The zero-order valence-electron chi connectivity index (χ0n) is 17.3. The summed E-state index contributed by atoms with van der Waals surface area (Å²) in [5, 5.41) is 21.9. The molecular weight excluding hydrogens is 418 g/mol. The van der Waals surface area contributed by atoms with E-state index in [0.29, 0.717) is 25.2 Å². The lowest BCUT2D eigenvalue weighted by atomic mass is 9.94. The van der Waals surface area contributed by atoms with E-state index in [2.05, 4.69) is 4.90 Å². The van der Waals surface area contributed by atoms with E-state index in [1.165, 1.54) is 41.5 Å². The molecule has 0 radical (unpaired) electrons. The summed E-state index contributed by atoms with van der Waals surface area (Å²) in [5.41, 5.74) is 0.0640. The number of morpholine rings is 1. The van der Waals surface area contributed by atoms with Crippen LogP contribution in [0.3, 0.4) is 0 Å². The summed E-state index contributed by atoms with van der Waals surface area (Å²) >= 11 is 0. The first kappa shape index (κ1) is 21.7. The smallest absolute Gasteiger partial charge is 0.290 e. The maximum atomic E-state index is 13.1. The molecule has 10 heteroatoms. The monoisotopic (exact) mass is 441 g/mol. The average Bonchev–Trinajstić information content (AvgIpc) is 3.43. The third kappa shape index (κ3) is 4.27. The molecule has 1 fully saturated rings. The molecule has 0 spiro atoms. The van der Waals surface area contributed by atoms with Gasteiger partial charge in [0.2, 0.25) is 5.78 Å². The number of ketones is 1. The number of amides is 1. The molecule has 1 atom stereocenters. The zero-order chi connectivity index (χ0) is 22.7. The van der Waals surface area contributed by atoms with Crippen LogP contribution < -0.4 is 0 Å². The lowest BCUT2D eigenvalue weighted by Crippen LogP contribution is -2.39. The Labute approximate surface area is 183 Å². The van der Waals surface area contributed by atoms with Crippen LogP contribution in [0.25, 0.3) is 0 Å². The minimum Gasteiger partial charge on any atom is -0.503 e. The van der Waals surface area contributed by atoms with Gasteiger partial charge in [0.1, 0.15) is 0 Å². The van der Waals surface area contributed by atoms with Crippen molar-refractivity contribution in [1.82, 2.24) is 9.80 Å². The molecule has 0 bridgehead atoms. The van der Waals surface area contributed by atoms with E-state index in [4.69, 9.17) is 9.15 Å². The third-order valence-electron chi connectivity index (χ3n) is 5.67. The Kier molecular flexibility index (Phi) is 6.33. The fourth-order valence-electron chi connectivity index (χ4n) is 4.10. The maximum absolute atomic E-state index is 13.1. The molecule has 0 unspecified atom stereocenters. The highest BCUT2D eigenvalue weighted by Gasteiger charge is 2.44. The molecule has 1 saturated heterocycles. The molecular formula is C22H23N3O7. The third-order valence-corrected chi connectivity index (χ3v) is 5.67. The average molecular weight is 441 g/mol. The number of hydrogen-bond acceptors (Lipinski definition) is 8. The number of carbonyl (C=O) groups excluding carboxylic acids is 2. The molecule has 1 amide bonds. The van der Waals surface area contributed by atoms with Gasteiger partial charge in [0, 0.05) is 38.3 Å². The Hall–Kier alpha value is -3.50. The molecule has 3 heterocycles. The minimum atomic E-state index is -0.954. The number of nitrogens with zero attached hydrogens (tertiary/aromatic N) is 3. The van der Waals surface area contributed by atoms with Gasteiger partial charge in [0.05, 0.1) is 36.0 Å². The van der Waals surface area contributed by atoms with E-state index in [9.17, 15) is 24.8 Å². The Morgan fingerprint density at radius 2 is 1.97 bits per heavy atom. The van der Waals surface area contributed by atoms with Gasteiger partial charge in [-0.25, -0.2) is 0 Å². The summed E-state index contributed by atoms with van der Waals surface area (Å²) in [6.07, 6.45) is 1.93. The van der Waals surface area contributed by atoms with Gasteiger partial charge in [0.25, 0.3) is 11.6 Å². The van der Waals surface area contributed by atoms with Crippen molar-refractivity contribution in [2.75, 3.05) is 39.4 Å². The van der Waals surface area contributed by atoms with E-state index in [1.807, 2.05) is 0 Å². The van der Waals surface area contributed by atoms with Crippen LogP contribution in [0.15, 0.2) is 58.4 Å². The molecule has 1 aromatic heterocycles. The summed E-state index contributed by atoms with van der Waals surface area (Å²) < 4.78 is 10.5. The number of Topliss-reactive ketones (excluding diaryl/α,β-unsaturated/α-hetero) is 1. The summed E-state index contributed by atoms with van der Waals surface area (Å²) in [4.78, 5) is 40.4. The molecule has 2 aliphatic rings. The van der Waals surface area contributed by atoms with Crippen molar-refractivity contribution in [1.29, 1.82) is 0 Å². The normalized spacial score (nSPS) is 19.6. The van der Waals surface area contributed by atoms with Crippen molar-refractivity contribution in [2.24, 2.45) is 0 Å². The Morgan fingerprint density at radius 3 is 2.66 bits per heavy atom. The second kappa shape index (κ2) is 9.33. The van der Waals surface area contributed by atoms with Crippen LogP contribution in [0, 0.1) is 10.1 Å². The molecule has 1 aromatic carbocycles. The minimum absolute atomic E-state index is 0.0232. The number of rotatable bonds is 8. The summed E-state index contributed by atoms with van der Waals surface area (Å²) in [5.74, 6) is -1.99. The van der Waals surface area contributed by atoms with E-state index < -0.39 is 28.4 Å². The van der Waals surface area contributed by atoms with Crippen molar-refractivity contribution in [2.45, 2.75) is 12.5 Å². The van der Waals surface area contributed by atoms with Crippen LogP contribution in [-0.4, -0.2) is 70.9 Å². The Morgan fingerprint density at radius 1 is 1.19 bits per heavy atom. The molecule has 2 aliphatic heterocycles. The standard InChI is InChI=1S/C22H23N3O7/c26-20(17-6-2-11-32-17)18-19(15-4-1-5-16(14-15)25(29)30)24(22(28)21(18)27)8-3-7-23-9-12-31-13-10-23/h1-2,4-6,11,14,19,27H,3,7-10,12-13H2/t19-/m1/s1. The predicted octanol–water partition coefficient (Wildman–Crippen LogP) is 2.49. The number of nitro benzene ring substituents is 1. The highest BCUT2D eigenvalue weighted by Crippen LogP contribution is 2.40. The quantitative estimate of drug-likeness (QED) is 0.376. The molecule has 10 nitrogen and oxygen atoms in total. The van der Waals surface area contributed by atoms with Crippen LogP contribution in [-0.2, 0) is 9.53 Å². The largest absolute Gasteiger partial charge is 0.503 e. The summed E-state index contributed by atoms with van der Waals surface area (Å²) in [6, 6.07) is 7.77. The number of carbonyl (C=O) groups is 2. The van der Waals surface area contributed by atoms with E-state index in [1.54, 1.807) is 6.07 Å². The van der Waals surface area contributed by atoms with Gasteiger partial charge in [-0.3, -0.25) is 24.6 Å². The second-order valence-corrected chi connectivity index (χ2v) is 7.63. The van der Waals surface area contributed by atoms with Gasteiger partial charge in [0.15, 0.2) is 11.5 Å². The van der Waals surface area contributed by atoms with E-state index >= 15 is 0 Å². The molecule has 0 saturated carbocycles. The maximum Gasteiger partial charge on any atom is 0.290 e. The van der Waals surface area contributed by atoms with Crippen molar-refractivity contribution in [3.63, 3.8) is 0 Å². The lowest BCUT2D eigenvalue weighted by Gasteiger charge is -2.29. The number of ether oxygens (including phenoxy) is 1. The van der Waals surface area contributed by atoms with Crippen molar-refractivity contribution in [3.8, 4) is 0 Å². The van der Waals surface area contributed by atoms with Gasteiger partial charge >= 0.3 is 0 Å².